The van der Waals surface area contributed by atoms with Crippen LogP contribution in [0.25, 0.3) is 0 Å². The van der Waals surface area contributed by atoms with E-state index in [-0.39, 0.29) is 6.42 Å². The number of hydrogen-bond acceptors (Lipinski definition) is 3. The summed E-state index contributed by atoms with van der Waals surface area (Å²) in [4.78, 5) is 24.5. The van der Waals surface area contributed by atoms with Gasteiger partial charge in [0.05, 0.1) is 6.33 Å². The molecule has 1 heterocycles. The molecule has 88 valence electrons. The van der Waals surface area contributed by atoms with Crippen molar-refractivity contribution in [2.45, 2.75) is 12.5 Å². The molecule has 1 atom stereocenters. The van der Waals surface area contributed by atoms with E-state index in [1.807, 2.05) is 0 Å². The van der Waals surface area contributed by atoms with Crippen LogP contribution < -0.4 is 5.32 Å². The maximum absolute atomic E-state index is 10.7. The number of aromatic nitrogens is 2. The van der Waals surface area contributed by atoms with E-state index in [0.29, 0.717) is 0 Å². The number of rotatable bonds is 5. The number of nitrogens with one attached hydrogen (secondary N) is 1. The largest absolute Gasteiger partial charge is 0.520 e. The summed E-state index contributed by atoms with van der Waals surface area (Å²) in [6.07, 6.45) is 4.69. The zero-order chi connectivity index (χ0) is 10.6. The van der Waals surface area contributed by atoms with Crippen LogP contribution in [0.3, 0.4) is 0 Å². The molecule has 0 saturated carbocycles. The molecule has 0 fully saturated rings. The van der Waals surface area contributed by atoms with Crippen LogP contribution in [0.5, 0.6) is 0 Å². The van der Waals surface area contributed by atoms with Crippen LogP contribution in [0.4, 0.5) is 0 Å². The number of nitrogens with zero attached hydrogens (tertiary/aromatic N) is 2. The molecule has 15 heavy (non-hydrogen) atoms. The first-order valence-electron chi connectivity index (χ1n) is 3.96. The van der Waals surface area contributed by atoms with E-state index in [0.717, 1.165) is 5.69 Å². The van der Waals surface area contributed by atoms with Crippen LogP contribution in [0.1, 0.15) is 5.69 Å². The van der Waals surface area contributed by atoms with Crippen molar-refractivity contribution in [3.8, 4) is 0 Å². The number of amides is 1. The van der Waals surface area contributed by atoms with Gasteiger partial charge in [0.2, 0.25) is 0 Å². The van der Waals surface area contributed by atoms with Crippen molar-refractivity contribution < 1.29 is 14.7 Å². The first-order chi connectivity index (χ1) is 6.65. The van der Waals surface area contributed by atoms with Crippen molar-refractivity contribution in [2.24, 2.45) is 7.05 Å². The van der Waals surface area contributed by atoms with Crippen molar-refractivity contribution in [2.75, 3.05) is 0 Å². The Hall–Kier alpha value is -2.85. The number of carbonyl (C=O) groups is 1. The van der Waals surface area contributed by atoms with E-state index in [4.69, 9.17) is 5.11 Å². The van der Waals surface area contributed by atoms with Crippen molar-refractivity contribution in [3.05, 3.63) is 18.2 Å². The number of carboxylic acids is 1. The van der Waals surface area contributed by atoms with E-state index in [9.17, 15) is 9.59 Å². The predicted octanol–water partition coefficient (Wildman–Crippen LogP) is -0.927. The minimum Gasteiger partial charge on any atom is -0.520 e. The number of carboxylic acid groups (broad SMARTS) is 1. The van der Waals surface area contributed by atoms with Gasteiger partial charge in [0.1, 0.15) is 6.04 Å². The van der Waals surface area contributed by atoms with E-state index in [1.54, 1.807) is 24.1 Å². The quantitative estimate of drug-likeness (QED) is 0.446. The Morgan fingerprint density at radius 2 is 2.47 bits per heavy atom. The molecular formula is C8H10FmN3O3-. The Bertz CT molecular complexity index is 340. The number of hydrogen-bond donors (Lipinski definition) is 2. The molecule has 7 heteroatoms. The maximum Gasteiger partial charge on any atom is 0.323 e. The van der Waals surface area contributed by atoms with E-state index in [1.165, 1.54) is 6.41 Å². The summed E-state index contributed by atoms with van der Waals surface area (Å²) in [5.74, 6) is -1.09. The third-order valence-electron chi connectivity index (χ3n) is 1.86. The molecule has 2 N–H and O–H groups in total. The zero-order valence-electron chi connectivity index (χ0n) is 7.89. The van der Waals surface area contributed by atoms with Gasteiger partial charge < -0.3 is 19.8 Å². The molecule has 6 nitrogen and oxygen atoms in total. The number of imidazole rings is 1. The fourth-order valence-electron chi connectivity index (χ4n) is 1.06. The smallest absolute Gasteiger partial charge is 0.323 e. The molecule has 0 bridgehead atoms. The van der Waals surface area contributed by atoms with Gasteiger partial charge in [0, 0.05) is 25.4 Å². The van der Waals surface area contributed by atoms with E-state index >= 15 is 0 Å². The molecule has 1 aromatic heterocycles. The van der Waals surface area contributed by atoms with Crippen molar-refractivity contribution in [3.63, 3.8) is 0 Å². The van der Waals surface area contributed by atoms with Crippen molar-refractivity contribution in [1.29, 1.82) is 0 Å². The third-order valence-corrected chi connectivity index (χ3v) is 1.86. The monoisotopic (exact) mass is 453 g/mol. The Balaban J connectivity index is 0.00000196. The van der Waals surface area contributed by atoms with Gasteiger partial charge in [-0.25, -0.2) is 4.98 Å². The summed E-state index contributed by atoms with van der Waals surface area (Å²) >= 11 is 0. The number of carbonyl (C=O) groups excluding carboxylic acids is 1. The Morgan fingerprint density at radius 3 is 2.87 bits per heavy atom. The van der Waals surface area contributed by atoms with Gasteiger partial charge in [-0.05, 0) is 0 Å². The molecule has 1 aromatic rings. The summed E-state index contributed by atoms with van der Waals surface area (Å²) < 4.78 is 1.70. The summed E-state index contributed by atoms with van der Waals surface area (Å²) in [5.41, 5.74) is 0.736. The van der Waals surface area contributed by atoms with Crippen LogP contribution in [0.2, 0.25) is 0 Å². The number of aryl methyl sites for hydroxylation is 1. The molecule has 0 spiro atoms. The van der Waals surface area contributed by atoms with Gasteiger partial charge in [0.25, 0.3) is 0 Å². The number of aliphatic carboxylic acids is 1. The maximum atomic E-state index is 10.7. The molecule has 1 amide bonds. The minimum atomic E-state index is -1.09. The van der Waals surface area contributed by atoms with Crippen LogP contribution >= 0.6 is 0 Å². The molecule has 0 aliphatic heterocycles. The van der Waals surface area contributed by atoms with Gasteiger partial charge in [-0.15, -0.1) is 0 Å². The second-order valence-corrected chi connectivity index (χ2v) is 2.84. The van der Waals surface area contributed by atoms with Gasteiger partial charge in [0.15, 0.2) is 0 Å². The second-order valence-electron chi connectivity index (χ2n) is 2.84. The summed E-state index contributed by atoms with van der Waals surface area (Å²) in [6.45, 7) is 0. The third kappa shape index (κ3) is 2.83. The van der Waals surface area contributed by atoms with Crippen LogP contribution in [0, 0.1) is 0 Å². The minimum absolute atomic E-state index is 0. The molecular weight excluding hydrogens is 443 g/mol. The predicted molar refractivity (Wildman–Crippen MR) is 47.2 cm³/mol. The molecule has 0 saturated heterocycles. The molecule has 0 unspecified atom stereocenters. The molecule has 0 aromatic carbocycles. The fraction of sp³-hybridized carbons (Fsp3) is 0.375. The van der Waals surface area contributed by atoms with Crippen LogP contribution in [-0.2, 0) is 23.1 Å². The van der Waals surface area contributed by atoms with E-state index < -0.39 is 12.0 Å². The molecule has 0 aliphatic rings. The van der Waals surface area contributed by atoms with E-state index in [2.05, 4.69) is 10.3 Å². The molecule has 1 rings (SSSR count). The summed E-state index contributed by atoms with van der Waals surface area (Å²) in [5, 5.41) is 10.8. The Morgan fingerprint density at radius 1 is 1.80 bits per heavy atom. The van der Waals surface area contributed by atoms with Crippen molar-refractivity contribution in [1.82, 2.24) is 14.9 Å². The average Bonchev–Trinajstić information content (AvgIpc) is 2.51. The van der Waals surface area contributed by atoms with Crippen LogP contribution in [-0.4, -0.2) is 33.1 Å². The van der Waals surface area contributed by atoms with Crippen molar-refractivity contribution >= 4 is 12.4 Å². The molecule has 0 aliphatic carbocycles. The van der Waals surface area contributed by atoms with Gasteiger partial charge in [-0.1, -0.05) is 0 Å². The van der Waals surface area contributed by atoms with Gasteiger partial charge in [-0.2, -0.15) is 6.41 Å². The zero-order valence-corrected chi connectivity index (χ0v) is 10.3. The summed E-state index contributed by atoms with van der Waals surface area (Å²) in [6, 6.07) is -0.956. The summed E-state index contributed by atoms with van der Waals surface area (Å²) in [7, 11) is 1.76. The fourth-order valence-corrected chi connectivity index (χ4v) is 1.06. The normalized spacial score (nSPS) is 11.3. The van der Waals surface area contributed by atoms with Gasteiger partial charge >= 0.3 is 5.97 Å². The first-order valence-corrected chi connectivity index (χ1v) is 3.96. The Kier molecular flexibility index (Phi) is 4.05. The molecule has 0 radical (unpaired) electrons. The topological polar surface area (TPSA) is 84.2 Å². The SMILES string of the molecule is Cn1cncc1C[C@H](N[C-]=O)C(=O)O.[Fm]. The Labute approximate surface area is 80.6 Å². The average molecular weight is 453 g/mol. The van der Waals surface area contributed by atoms with Crippen LogP contribution in [0.15, 0.2) is 12.5 Å². The second kappa shape index (κ2) is 5.00. The standard InChI is InChI=1S/C8H10N3O3.Fm/c1-11-4-9-3-6(11)2-7(8(13)14)10-5-12;/h3-4,7H,2H2,1H3,(H,10,12)(H,13,14);/q-1;/t7-;/m0./s1. The first kappa shape index (κ1) is 12.2. The van der Waals surface area contributed by atoms with Gasteiger partial charge in [-0.3, -0.25) is 4.79 Å².